The van der Waals surface area contributed by atoms with Crippen LogP contribution in [-0.2, 0) is 7.05 Å². The van der Waals surface area contributed by atoms with Crippen molar-refractivity contribution in [1.29, 1.82) is 0 Å². The van der Waals surface area contributed by atoms with Crippen LogP contribution in [-0.4, -0.2) is 16.1 Å². The monoisotopic (exact) mass is 171 g/mol. The number of halogens is 1. The fourth-order valence-electron chi connectivity index (χ4n) is 0.777. The number of imidazole rings is 1. The molecule has 0 amide bonds. The Balaban J connectivity index is 2.92. The van der Waals surface area contributed by atoms with E-state index in [0.29, 0.717) is 11.7 Å². The lowest BCUT2D eigenvalue weighted by Crippen LogP contribution is -1.93. The molecule has 11 heavy (non-hydrogen) atoms. The van der Waals surface area contributed by atoms with Crippen molar-refractivity contribution >= 4 is 17.7 Å². The number of hydrogen-bond acceptors (Lipinski definition) is 2. The van der Waals surface area contributed by atoms with Gasteiger partial charge in [0.2, 0.25) is 0 Å². The molecule has 60 valence electrons. The van der Waals surface area contributed by atoms with Crippen molar-refractivity contribution in [2.75, 3.05) is 6.54 Å². The summed E-state index contributed by atoms with van der Waals surface area (Å²) in [6.07, 6.45) is 5.36. The molecule has 0 unspecified atom stereocenters. The fraction of sp³-hybridized carbons (Fsp3) is 0.286. The Hall–Kier alpha value is -0.800. The van der Waals surface area contributed by atoms with E-state index in [2.05, 4.69) is 4.98 Å². The van der Waals surface area contributed by atoms with E-state index in [1.165, 1.54) is 0 Å². The highest BCUT2D eigenvalue weighted by Crippen LogP contribution is 2.13. The van der Waals surface area contributed by atoms with Crippen molar-refractivity contribution in [2.24, 2.45) is 12.8 Å². The normalized spacial score (nSPS) is 11.2. The second-order valence-electron chi connectivity index (χ2n) is 2.17. The van der Waals surface area contributed by atoms with Crippen molar-refractivity contribution < 1.29 is 0 Å². The van der Waals surface area contributed by atoms with Gasteiger partial charge in [-0.15, -0.1) is 0 Å². The fourth-order valence-corrected chi connectivity index (χ4v) is 1.02. The van der Waals surface area contributed by atoms with E-state index in [4.69, 9.17) is 17.3 Å². The molecule has 0 aliphatic carbocycles. The molecular formula is C7H10ClN3. The van der Waals surface area contributed by atoms with Gasteiger partial charge < -0.3 is 10.3 Å². The molecule has 1 heterocycles. The van der Waals surface area contributed by atoms with Gasteiger partial charge in [-0.2, -0.15) is 0 Å². The topological polar surface area (TPSA) is 43.8 Å². The third kappa shape index (κ3) is 1.82. The van der Waals surface area contributed by atoms with Gasteiger partial charge in [-0.25, -0.2) is 4.98 Å². The number of hydrogen-bond donors (Lipinski definition) is 1. The van der Waals surface area contributed by atoms with E-state index < -0.39 is 0 Å². The maximum atomic E-state index is 5.76. The predicted octanol–water partition coefficient (Wildman–Crippen LogP) is 1.05. The standard InChI is InChI=1S/C7H10ClN3/c1-11-5-10-7(8)6(11)3-2-4-9/h2-3,5H,4,9H2,1H3/b3-2+. The van der Waals surface area contributed by atoms with Crippen LogP contribution in [0.1, 0.15) is 5.69 Å². The number of nitrogens with two attached hydrogens (primary N) is 1. The Bertz CT molecular complexity index is 245. The molecule has 0 fully saturated rings. The average Bonchev–Trinajstić information content (AvgIpc) is 2.29. The van der Waals surface area contributed by atoms with Crippen molar-refractivity contribution in [2.45, 2.75) is 0 Å². The lowest BCUT2D eigenvalue weighted by molar-refractivity contribution is 0.902. The van der Waals surface area contributed by atoms with Crippen LogP contribution >= 0.6 is 11.6 Å². The first-order valence-electron chi connectivity index (χ1n) is 3.29. The Morgan fingerprint density at radius 3 is 3.00 bits per heavy atom. The lowest BCUT2D eigenvalue weighted by atomic mass is 10.4. The summed E-state index contributed by atoms with van der Waals surface area (Å²) in [5.41, 5.74) is 6.17. The second kappa shape index (κ2) is 3.55. The predicted molar refractivity (Wildman–Crippen MR) is 46.3 cm³/mol. The lowest BCUT2D eigenvalue weighted by Gasteiger charge is -1.93. The minimum atomic E-state index is 0.511. The van der Waals surface area contributed by atoms with Gasteiger partial charge in [0, 0.05) is 13.6 Å². The van der Waals surface area contributed by atoms with Gasteiger partial charge in [0.15, 0.2) is 5.15 Å². The maximum absolute atomic E-state index is 5.76. The number of aromatic nitrogens is 2. The van der Waals surface area contributed by atoms with Gasteiger partial charge in [-0.3, -0.25) is 0 Å². The SMILES string of the molecule is Cn1cnc(Cl)c1/C=C/CN. The molecule has 1 aromatic heterocycles. The van der Waals surface area contributed by atoms with E-state index in [-0.39, 0.29) is 0 Å². The van der Waals surface area contributed by atoms with Crippen molar-refractivity contribution in [3.8, 4) is 0 Å². The highest BCUT2D eigenvalue weighted by molar-refractivity contribution is 6.30. The van der Waals surface area contributed by atoms with Crippen LogP contribution in [0, 0.1) is 0 Å². The van der Waals surface area contributed by atoms with Crippen LogP contribution < -0.4 is 5.73 Å². The molecule has 0 saturated heterocycles. The Morgan fingerprint density at radius 1 is 1.82 bits per heavy atom. The van der Waals surface area contributed by atoms with Crippen molar-refractivity contribution in [3.63, 3.8) is 0 Å². The van der Waals surface area contributed by atoms with Gasteiger partial charge in [0.25, 0.3) is 0 Å². The first kappa shape index (κ1) is 8.30. The van der Waals surface area contributed by atoms with Crippen LogP contribution in [0.3, 0.4) is 0 Å². The molecule has 1 aromatic rings. The zero-order chi connectivity index (χ0) is 8.27. The second-order valence-corrected chi connectivity index (χ2v) is 2.53. The first-order valence-corrected chi connectivity index (χ1v) is 3.67. The molecule has 0 bridgehead atoms. The Labute approximate surface area is 70.5 Å². The number of aryl methyl sites for hydroxylation is 1. The number of rotatable bonds is 2. The molecule has 1 rings (SSSR count). The van der Waals surface area contributed by atoms with Crippen LogP contribution in [0.4, 0.5) is 0 Å². The highest BCUT2D eigenvalue weighted by Gasteiger charge is 2.00. The van der Waals surface area contributed by atoms with Gasteiger partial charge in [0.05, 0.1) is 12.0 Å². The summed E-state index contributed by atoms with van der Waals surface area (Å²) in [5, 5.41) is 0.511. The van der Waals surface area contributed by atoms with Gasteiger partial charge in [-0.1, -0.05) is 17.7 Å². The summed E-state index contributed by atoms with van der Waals surface area (Å²) in [5.74, 6) is 0. The third-order valence-corrected chi connectivity index (χ3v) is 1.64. The summed E-state index contributed by atoms with van der Waals surface area (Å²) in [6, 6.07) is 0. The Morgan fingerprint density at radius 2 is 2.55 bits per heavy atom. The van der Waals surface area contributed by atoms with E-state index >= 15 is 0 Å². The van der Waals surface area contributed by atoms with Gasteiger partial charge >= 0.3 is 0 Å². The molecule has 0 spiro atoms. The van der Waals surface area contributed by atoms with E-state index in [9.17, 15) is 0 Å². The molecule has 0 radical (unpaired) electrons. The highest BCUT2D eigenvalue weighted by atomic mass is 35.5. The maximum Gasteiger partial charge on any atom is 0.154 e. The van der Waals surface area contributed by atoms with Gasteiger partial charge in [-0.05, 0) is 6.08 Å². The van der Waals surface area contributed by atoms with Gasteiger partial charge in [0.1, 0.15) is 0 Å². The third-order valence-electron chi connectivity index (χ3n) is 1.35. The van der Waals surface area contributed by atoms with Crippen LogP contribution in [0.2, 0.25) is 5.15 Å². The van der Waals surface area contributed by atoms with Crippen LogP contribution in [0.15, 0.2) is 12.4 Å². The minimum Gasteiger partial charge on any atom is -0.333 e. The molecule has 0 aromatic carbocycles. The first-order chi connectivity index (χ1) is 5.25. The zero-order valence-electron chi connectivity index (χ0n) is 6.29. The molecule has 4 heteroatoms. The molecule has 2 N–H and O–H groups in total. The van der Waals surface area contributed by atoms with Crippen LogP contribution in [0.5, 0.6) is 0 Å². The molecule has 3 nitrogen and oxygen atoms in total. The van der Waals surface area contributed by atoms with E-state index in [1.807, 2.05) is 23.8 Å². The quantitative estimate of drug-likeness (QED) is 0.723. The van der Waals surface area contributed by atoms with Crippen LogP contribution in [0.25, 0.3) is 6.08 Å². The van der Waals surface area contributed by atoms with E-state index in [1.54, 1.807) is 6.33 Å². The smallest absolute Gasteiger partial charge is 0.154 e. The molecule has 0 atom stereocenters. The summed E-state index contributed by atoms with van der Waals surface area (Å²) in [4.78, 5) is 3.91. The summed E-state index contributed by atoms with van der Waals surface area (Å²) < 4.78 is 1.84. The number of nitrogens with zero attached hydrogens (tertiary/aromatic N) is 2. The summed E-state index contributed by atoms with van der Waals surface area (Å²) >= 11 is 5.76. The average molecular weight is 172 g/mol. The molecule has 0 aliphatic rings. The zero-order valence-corrected chi connectivity index (χ0v) is 7.04. The summed E-state index contributed by atoms with van der Waals surface area (Å²) in [6.45, 7) is 0.515. The van der Waals surface area contributed by atoms with E-state index in [0.717, 1.165) is 5.69 Å². The molecule has 0 aliphatic heterocycles. The Kier molecular flexibility index (Phi) is 2.68. The van der Waals surface area contributed by atoms with Crippen molar-refractivity contribution in [1.82, 2.24) is 9.55 Å². The van der Waals surface area contributed by atoms with Crippen molar-refractivity contribution in [3.05, 3.63) is 23.3 Å². The molecule has 0 saturated carbocycles. The molecular weight excluding hydrogens is 162 g/mol. The summed E-state index contributed by atoms with van der Waals surface area (Å²) in [7, 11) is 1.88. The minimum absolute atomic E-state index is 0.511. The largest absolute Gasteiger partial charge is 0.333 e.